The van der Waals surface area contributed by atoms with Crippen LogP contribution in [0.1, 0.15) is 9.67 Å². The molecule has 1 aromatic heterocycles. The fraction of sp³-hybridized carbons (Fsp3) is 0.0909. The van der Waals surface area contributed by atoms with Crippen LogP contribution in [0.15, 0.2) is 16.6 Å². The quantitative estimate of drug-likeness (QED) is 0.733. The Bertz CT molecular complexity index is 677. The zero-order valence-electron chi connectivity index (χ0n) is 10.1. The summed E-state index contributed by atoms with van der Waals surface area (Å²) < 4.78 is 26.7. The van der Waals surface area contributed by atoms with Crippen LogP contribution < -0.4 is 16.4 Å². The molecule has 0 saturated carbocycles. The van der Waals surface area contributed by atoms with Gasteiger partial charge in [-0.25, -0.2) is 13.8 Å². The Morgan fingerprint density at radius 3 is 2.70 bits per heavy atom. The van der Waals surface area contributed by atoms with E-state index < -0.39 is 17.5 Å². The van der Waals surface area contributed by atoms with Gasteiger partial charge in [-0.05, 0) is 22.0 Å². The molecule has 0 bridgehead atoms. The lowest BCUT2D eigenvalue weighted by Crippen LogP contribution is -2.13. The standard InChI is InChI=1S/C11H9BrF2N4OS/c1-16-11-18-9(15)8(20-11)10(19)17-7-2-4(12)5(13)3-6(7)14/h2-3H,15H2,1H3,(H,16,18)(H,17,19). The SMILES string of the molecule is CNc1nc(N)c(C(=O)Nc2cc(Br)c(F)cc2F)s1. The topological polar surface area (TPSA) is 80.0 Å². The van der Waals surface area contributed by atoms with Crippen molar-refractivity contribution in [3.8, 4) is 0 Å². The molecule has 4 N–H and O–H groups in total. The third-order valence-corrected chi connectivity index (χ3v) is 4.03. The summed E-state index contributed by atoms with van der Waals surface area (Å²) in [6.45, 7) is 0. The van der Waals surface area contributed by atoms with Gasteiger partial charge in [0.15, 0.2) is 5.13 Å². The molecule has 0 saturated heterocycles. The van der Waals surface area contributed by atoms with E-state index in [1.807, 2.05) is 0 Å². The third kappa shape index (κ3) is 2.88. The fourth-order valence-electron chi connectivity index (χ4n) is 1.40. The summed E-state index contributed by atoms with van der Waals surface area (Å²) in [4.78, 5) is 16.0. The van der Waals surface area contributed by atoms with Crippen molar-refractivity contribution in [3.63, 3.8) is 0 Å². The number of aromatic nitrogens is 1. The predicted octanol–water partition coefficient (Wildman–Crippen LogP) is 3.06. The summed E-state index contributed by atoms with van der Waals surface area (Å²) in [5.74, 6) is -2.21. The molecule has 0 aliphatic carbocycles. The number of amides is 1. The molecule has 2 rings (SSSR count). The van der Waals surface area contributed by atoms with Crippen molar-refractivity contribution in [3.05, 3.63) is 33.1 Å². The molecule has 106 valence electrons. The molecule has 0 unspecified atom stereocenters. The van der Waals surface area contributed by atoms with Crippen molar-refractivity contribution in [1.29, 1.82) is 0 Å². The minimum atomic E-state index is -0.879. The molecule has 1 heterocycles. The van der Waals surface area contributed by atoms with E-state index in [9.17, 15) is 13.6 Å². The molecule has 20 heavy (non-hydrogen) atoms. The Kier molecular flexibility index (Phi) is 4.19. The Morgan fingerprint density at radius 2 is 2.10 bits per heavy atom. The van der Waals surface area contributed by atoms with Gasteiger partial charge in [0.05, 0.1) is 10.2 Å². The van der Waals surface area contributed by atoms with Gasteiger partial charge in [-0.2, -0.15) is 0 Å². The number of rotatable bonds is 3. The minimum Gasteiger partial charge on any atom is -0.382 e. The largest absolute Gasteiger partial charge is 0.382 e. The van der Waals surface area contributed by atoms with Crippen molar-refractivity contribution in [2.45, 2.75) is 0 Å². The van der Waals surface area contributed by atoms with Crippen molar-refractivity contribution >= 4 is 49.8 Å². The van der Waals surface area contributed by atoms with Gasteiger partial charge >= 0.3 is 0 Å². The maximum absolute atomic E-state index is 13.5. The molecule has 0 aliphatic heterocycles. The van der Waals surface area contributed by atoms with E-state index in [0.29, 0.717) is 11.2 Å². The first-order chi connectivity index (χ1) is 9.42. The number of nitrogens with zero attached hydrogens (tertiary/aromatic N) is 1. The average Bonchev–Trinajstić information content (AvgIpc) is 2.77. The molecule has 9 heteroatoms. The zero-order valence-corrected chi connectivity index (χ0v) is 12.5. The molecule has 0 aliphatic rings. The van der Waals surface area contributed by atoms with Crippen LogP contribution in [0.2, 0.25) is 0 Å². The number of hydrogen-bond acceptors (Lipinski definition) is 5. The van der Waals surface area contributed by atoms with Gasteiger partial charge in [-0.3, -0.25) is 4.79 Å². The van der Waals surface area contributed by atoms with E-state index in [4.69, 9.17) is 5.73 Å². The first-order valence-corrected chi connectivity index (χ1v) is 6.93. The van der Waals surface area contributed by atoms with E-state index in [1.54, 1.807) is 7.05 Å². The number of anilines is 3. The number of halogens is 3. The number of hydrogen-bond donors (Lipinski definition) is 3. The first kappa shape index (κ1) is 14.7. The van der Waals surface area contributed by atoms with Gasteiger partial charge in [0.2, 0.25) is 0 Å². The van der Waals surface area contributed by atoms with Crippen LogP contribution in [-0.2, 0) is 0 Å². The molecular formula is C11H9BrF2N4OS. The summed E-state index contributed by atoms with van der Waals surface area (Å²) in [6, 6.07) is 1.81. The zero-order chi connectivity index (χ0) is 14.9. The summed E-state index contributed by atoms with van der Waals surface area (Å²) in [6.07, 6.45) is 0. The van der Waals surface area contributed by atoms with Crippen LogP contribution in [-0.4, -0.2) is 17.9 Å². The maximum Gasteiger partial charge on any atom is 0.269 e. The van der Waals surface area contributed by atoms with E-state index in [-0.39, 0.29) is 20.9 Å². The number of carbonyl (C=O) groups excluding carboxylic acids is 1. The van der Waals surface area contributed by atoms with Gasteiger partial charge in [-0.15, -0.1) is 0 Å². The molecule has 0 fully saturated rings. The summed E-state index contributed by atoms with van der Waals surface area (Å²) >= 11 is 3.95. The fourth-order valence-corrected chi connectivity index (χ4v) is 2.48. The van der Waals surface area contributed by atoms with Crippen LogP contribution in [0, 0.1) is 11.6 Å². The van der Waals surface area contributed by atoms with Gasteiger partial charge < -0.3 is 16.4 Å². The van der Waals surface area contributed by atoms with E-state index in [1.165, 1.54) is 0 Å². The number of nitrogens with two attached hydrogens (primary N) is 1. The number of carbonyl (C=O) groups is 1. The van der Waals surface area contributed by atoms with Crippen molar-refractivity contribution in [1.82, 2.24) is 4.98 Å². The lowest BCUT2D eigenvalue weighted by molar-refractivity contribution is 0.103. The smallest absolute Gasteiger partial charge is 0.269 e. The second-order valence-corrected chi connectivity index (χ2v) is 5.54. The highest BCUT2D eigenvalue weighted by Gasteiger charge is 2.18. The molecule has 2 aromatic rings. The monoisotopic (exact) mass is 362 g/mol. The molecule has 0 spiro atoms. The minimum absolute atomic E-state index is 0.0402. The predicted molar refractivity (Wildman–Crippen MR) is 78.1 cm³/mol. The molecule has 1 amide bonds. The van der Waals surface area contributed by atoms with Crippen molar-refractivity contribution < 1.29 is 13.6 Å². The molecule has 5 nitrogen and oxygen atoms in total. The molecule has 1 aromatic carbocycles. The Labute approximate surface area is 125 Å². The number of benzene rings is 1. The number of nitrogens with one attached hydrogen (secondary N) is 2. The van der Waals surface area contributed by atoms with Crippen molar-refractivity contribution in [2.24, 2.45) is 0 Å². The average molecular weight is 363 g/mol. The van der Waals surface area contributed by atoms with Crippen LogP contribution in [0.25, 0.3) is 0 Å². The van der Waals surface area contributed by atoms with Crippen LogP contribution >= 0.6 is 27.3 Å². The van der Waals surface area contributed by atoms with Gasteiger partial charge in [0.25, 0.3) is 5.91 Å². The highest BCUT2D eigenvalue weighted by molar-refractivity contribution is 9.10. The first-order valence-electron chi connectivity index (χ1n) is 5.32. The molecule has 0 atom stereocenters. The van der Waals surface area contributed by atoms with Crippen molar-refractivity contribution in [2.75, 3.05) is 23.4 Å². The van der Waals surface area contributed by atoms with E-state index in [0.717, 1.165) is 17.4 Å². The lowest BCUT2D eigenvalue weighted by atomic mass is 10.3. The number of nitrogen functional groups attached to an aromatic ring is 1. The molecule has 0 radical (unpaired) electrons. The van der Waals surface area contributed by atoms with Gasteiger partial charge in [-0.1, -0.05) is 11.3 Å². The van der Waals surface area contributed by atoms with Crippen LogP contribution in [0.3, 0.4) is 0 Å². The Balaban J connectivity index is 2.27. The van der Waals surface area contributed by atoms with Gasteiger partial charge in [0.1, 0.15) is 22.3 Å². The van der Waals surface area contributed by atoms with Crippen LogP contribution in [0.4, 0.5) is 25.4 Å². The molecular weight excluding hydrogens is 354 g/mol. The van der Waals surface area contributed by atoms with Crippen LogP contribution in [0.5, 0.6) is 0 Å². The normalized spacial score (nSPS) is 10.4. The van der Waals surface area contributed by atoms with E-state index in [2.05, 4.69) is 31.5 Å². The second kappa shape index (κ2) is 5.71. The van der Waals surface area contributed by atoms with E-state index >= 15 is 0 Å². The Morgan fingerprint density at radius 1 is 1.40 bits per heavy atom. The van der Waals surface area contributed by atoms with Gasteiger partial charge in [0, 0.05) is 13.1 Å². The lowest BCUT2D eigenvalue weighted by Gasteiger charge is -2.06. The highest BCUT2D eigenvalue weighted by Crippen LogP contribution is 2.28. The summed E-state index contributed by atoms with van der Waals surface area (Å²) in [5.41, 5.74) is 5.45. The summed E-state index contributed by atoms with van der Waals surface area (Å²) in [5, 5.41) is 5.54. The Hall–Kier alpha value is -1.74. The highest BCUT2D eigenvalue weighted by atomic mass is 79.9. The number of thiazole rings is 1. The third-order valence-electron chi connectivity index (χ3n) is 2.33. The maximum atomic E-state index is 13.5. The second-order valence-electron chi connectivity index (χ2n) is 3.68. The summed E-state index contributed by atoms with van der Waals surface area (Å²) in [7, 11) is 1.64.